The van der Waals surface area contributed by atoms with Crippen LogP contribution >= 0.6 is 0 Å². The fourth-order valence-corrected chi connectivity index (χ4v) is 3.18. The topological polar surface area (TPSA) is 35.2 Å². The minimum absolute atomic E-state index is 0.422. The lowest BCUT2D eigenvalue weighted by Gasteiger charge is -2.25. The van der Waals surface area contributed by atoms with Gasteiger partial charge in [0.25, 0.3) is 0 Å². The standard InChI is InChI=1S/C12H21NO/c13-11(5-3-8-1-2-8)10-7-9-4-6-12(10)14-9/h8-12H,1-7,13H2. The van der Waals surface area contributed by atoms with E-state index in [2.05, 4.69) is 0 Å². The van der Waals surface area contributed by atoms with E-state index in [4.69, 9.17) is 10.5 Å². The third kappa shape index (κ3) is 1.70. The van der Waals surface area contributed by atoms with Crippen molar-refractivity contribution in [2.75, 3.05) is 0 Å². The molecule has 0 aromatic heterocycles. The summed E-state index contributed by atoms with van der Waals surface area (Å²) in [6.07, 6.45) is 10.4. The van der Waals surface area contributed by atoms with Crippen LogP contribution in [0, 0.1) is 11.8 Å². The van der Waals surface area contributed by atoms with E-state index >= 15 is 0 Å². The molecular weight excluding hydrogens is 174 g/mol. The van der Waals surface area contributed by atoms with Crippen molar-refractivity contribution in [3.05, 3.63) is 0 Å². The fourth-order valence-electron chi connectivity index (χ4n) is 3.18. The summed E-state index contributed by atoms with van der Waals surface area (Å²) < 4.78 is 5.85. The van der Waals surface area contributed by atoms with Crippen LogP contribution in [0.2, 0.25) is 0 Å². The summed E-state index contributed by atoms with van der Waals surface area (Å²) >= 11 is 0. The summed E-state index contributed by atoms with van der Waals surface area (Å²) in [5.41, 5.74) is 6.26. The van der Waals surface area contributed by atoms with Gasteiger partial charge in [-0.25, -0.2) is 0 Å². The first kappa shape index (κ1) is 9.17. The number of fused-ring (bicyclic) bond motifs is 2. The largest absolute Gasteiger partial charge is 0.375 e. The van der Waals surface area contributed by atoms with E-state index in [9.17, 15) is 0 Å². The van der Waals surface area contributed by atoms with Crippen molar-refractivity contribution in [2.24, 2.45) is 17.6 Å². The Bertz CT molecular complexity index is 214. The number of hydrogen-bond acceptors (Lipinski definition) is 2. The van der Waals surface area contributed by atoms with E-state index in [1.807, 2.05) is 0 Å². The molecule has 2 bridgehead atoms. The average Bonchev–Trinajstić information content (AvgIpc) is 2.79. The van der Waals surface area contributed by atoms with E-state index in [0.29, 0.717) is 24.2 Å². The Labute approximate surface area is 86.2 Å². The molecule has 0 amide bonds. The van der Waals surface area contributed by atoms with Gasteiger partial charge in [-0.2, -0.15) is 0 Å². The summed E-state index contributed by atoms with van der Waals surface area (Å²) in [5.74, 6) is 1.72. The van der Waals surface area contributed by atoms with E-state index < -0.39 is 0 Å². The Kier molecular flexibility index (Phi) is 2.29. The molecule has 2 saturated heterocycles. The first-order chi connectivity index (χ1) is 6.83. The number of ether oxygens (including phenoxy) is 1. The van der Waals surface area contributed by atoms with Crippen molar-refractivity contribution in [3.8, 4) is 0 Å². The molecule has 2 N–H and O–H groups in total. The zero-order valence-electron chi connectivity index (χ0n) is 8.82. The lowest BCUT2D eigenvalue weighted by Crippen LogP contribution is -2.36. The van der Waals surface area contributed by atoms with E-state index in [1.165, 1.54) is 44.9 Å². The number of hydrogen-bond donors (Lipinski definition) is 1. The van der Waals surface area contributed by atoms with Gasteiger partial charge in [-0.15, -0.1) is 0 Å². The zero-order valence-corrected chi connectivity index (χ0v) is 8.82. The highest BCUT2D eigenvalue weighted by Gasteiger charge is 2.43. The molecule has 1 aliphatic carbocycles. The summed E-state index contributed by atoms with van der Waals surface area (Å²) in [4.78, 5) is 0. The molecule has 1 saturated carbocycles. The van der Waals surface area contributed by atoms with Crippen molar-refractivity contribution in [3.63, 3.8) is 0 Å². The molecule has 3 rings (SSSR count). The summed E-state index contributed by atoms with van der Waals surface area (Å²) in [7, 11) is 0. The van der Waals surface area contributed by atoms with Gasteiger partial charge in [0, 0.05) is 12.0 Å². The third-order valence-corrected chi connectivity index (χ3v) is 4.31. The van der Waals surface area contributed by atoms with Gasteiger partial charge >= 0.3 is 0 Å². The molecule has 14 heavy (non-hydrogen) atoms. The molecule has 3 fully saturated rings. The first-order valence-corrected chi connectivity index (χ1v) is 6.24. The maximum atomic E-state index is 6.26. The minimum atomic E-state index is 0.422. The van der Waals surface area contributed by atoms with E-state index in [-0.39, 0.29) is 0 Å². The summed E-state index contributed by atoms with van der Waals surface area (Å²) in [5, 5.41) is 0. The Balaban J connectivity index is 1.49. The van der Waals surface area contributed by atoms with Crippen molar-refractivity contribution >= 4 is 0 Å². The maximum Gasteiger partial charge on any atom is 0.0623 e. The molecule has 80 valence electrons. The lowest BCUT2D eigenvalue weighted by atomic mass is 9.82. The molecule has 3 aliphatic rings. The molecule has 0 aromatic rings. The summed E-state index contributed by atoms with van der Waals surface area (Å²) in [6, 6.07) is 0.422. The average molecular weight is 195 g/mol. The van der Waals surface area contributed by atoms with Crippen molar-refractivity contribution in [2.45, 2.75) is 63.2 Å². The van der Waals surface area contributed by atoms with Crippen LogP contribution in [-0.2, 0) is 4.74 Å². The van der Waals surface area contributed by atoms with Crippen molar-refractivity contribution in [1.29, 1.82) is 0 Å². The van der Waals surface area contributed by atoms with Crippen molar-refractivity contribution in [1.82, 2.24) is 0 Å². The Hall–Kier alpha value is -0.0800. The van der Waals surface area contributed by atoms with Gasteiger partial charge in [0.15, 0.2) is 0 Å². The molecule has 0 aromatic carbocycles. The second-order valence-electron chi connectivity index (χ2n) is 5.46. The predicted octanol–water partition coefficient (Wildman–Crippen LogP) is 2.07. The van der Waals surface area contributed by atoms with Gasteiger partial charge in [0.2, 0.25) is 0 Å². The highest BCUT2D eigenvalue weighted by Crippen LogP contribution is 2.42. The molecule has 4 atom stereocenters. The molecule has 2 heteroatoms. The predicted molar refractivity (Wildman–Crippen MR) is 55.9 cm³/mol. The molecule has 2 aliphatic heterocycles. The van der Waals surface area contributed by atoms with Crippen LogP contribution in [0.3, 0.4) is 0 Å². The van der Waals surface area contributed by atoms with Gasteiger partial charge in [0.1, 0.15) is 0 Å². The fraction of sp³-hybridized carbons (Fsp3) is 1.00. The summed E-state index contributed by atoms with van der Waals surface area (Å²) in [6.45, 7) is 0. The highest BCUT2D eigenvalue weighted by molar-refractivity contribution is 4.94. The second-order valence-corrected chi connectivity index (χ2v) is 5.46. The number of nitrogens with two attached hydrogens (primary N) is 1. The van der Waals surface area contributed by atoms with Crippen LogP contribution in [0.4, 0.5) is 0 Å². The Morgan fingerprint density at radius 3 is 2.64 bits per heavy atom. The SMILES string of the molecule is NC(CCC1CC1)C1CC2CCC1O2. The first-order valence-electron chi connectivity index (χ1n) is 6.24. The molecule has 0 radical (unpaired) electrons. The van der Waals surface area contributed by atoms with Crippen molar-refractivity contribution < 1.29 is 4.74 Å². The highest BCUT2D eigenvalue weighted by atomic mass is 16.5. The quantitative estimate of drug-likeness (QED) is 0.745. The van der Waals surface area contributed by atoms with Gasteiger partial charge < -0.3 is 10.5 Å². The maximum absolute atomic E-state index is 6.26. The third-order valence-electron chi connectivity index (χ3n) is 4.31. The van der Waals surface area contributed by atoms with Crippen LogP contribution in [0.1, 0.15) is 44.9 Å². The monoisotopic (exact) mass is 195 g/mol. The number of rotatable bonds is 4. The molecule has 2 heterocycles. The van der Waals surface area contributed by atoms with Gasteiger partial charge in [-0.3, -0.25) is 0 Å². The molecule has 4 unspecified atom stereocenters. The van der Waals surface area contributed by atoms with E-state index in [0.717, 1.165) is 5.92 Å². The Morgan fingerprint density at radius 1 is 1.21 bits per heavy atom. The van der Waals surface area contributed by atoms with Crippen LogP contribution in [0.5, 0.6) is 0 Å². The van der Waals surface area contributed by atoms with Crippen LogP contribution in [0.25, 0.3) is 0 Å². The molecule has 0 spiro atoms. The molecular formula is C12H21NO. The lowest BCUT2D eigenvalue weighted by molar-refractivity contribution is 0.0877. The van der Waals surface area contributed by atoms with Crippen LogP contribution in [-0.4, -0.2) is 18.2 Å². The smallest absolute Gasteiger partial charge is 0.0623 e. The Morgan fingerprint density at radius 2 is 2.07 bits per heavy atom. The van der Waals surface area contributed by atoms with Crippen LogP contribution < -0.4 is 5.73 Å². The molecule has 2 nitrogen and oxygen atoms in total. The van der Waals surface area contributed by atoms with E-state index in [1.54, 1.807) is 0 Å². The van der Waals surface area contributed by atoms with Crippen LogP contribution in [0.15, 0.2) is 0 Å². The van der Waals surface area contributed by atoms with Gasteiger partial charge in [0.05, 0.1) is 12.2 Å². The second kappa shape index (κ2) is 3.49. The van der Waals surface area contributed by atoms with Gasteiger partial charge in [-0.05, 0) is 38.0 Å². The zero-order chi connectivity index (χ0) is 9.54. The minimum Gasteiger partial charge on any atom is -0.375 e. The van der Waals surface area contributed by atoms with Gasteiger partial charge in [-0.1, -0.05) is 12.8 Å². The normalized spacial score (nSPS) is 43.1.